The number of hydrogen-bond donors (Lipinski definition) is 1. The van der Waals surface area contributed by atoms with Crippen molar-refractivity contribution >= 4 is 49.8 Å². The summed E-state index contributed by atoms with van der Waals surface area (Å²) in [4.78, 5) is 47.1. The number of nitro groups is 1. The minimum absolute atomic E-state index is 0.123. The van der Waals surface area contributed by atoms with E-state index in [-0.39, 0.29) is 22.0 Å². The number of pyridine rings is 1. The van der Waals surface area contributed by atoms with Gasteiger partial charge in [0, 0.05) is 30.1 Å². The van der Waals surface area contributed by atoms with Crippen molar-refractivity contribution in [3.8, 4) is 11.5 Å². The zero-order valence-electron chi connectivity index (χ0n) is 19.4. The number of nitro benzene ring substituents is 1. The van der Waals surface area contributed by atoms with Gasteiger partial charge < -0.3 is 14.6 Å². The average molecular weight is 519 g/mol. The summed E-state index contributed by atoms with van der Waals surface area (Å²) in [5, 5.41) is 22.6. The summed E-state index contributed by atoms with van der Waals surface area (Å²) in [5.74, 6) is -1.47. The lowest BCUT2D eigenvalue weighted by atomic mass is 9.96. The van der Waals surface area contributed by atoms with Gasteiger partial charge in [-0.3, -0.25) is 29.6 Å². The molecule has 2 aromatic heterocycles. The molecule has 11 nitrogen and oxygen atoms in total. The number of carbonyl (C=O) groups excluding carboxylic acids is 2. The Hall–Kier alpha value is -4.84. The second-order valence-corrected chi connectivity index (χ2v) is 8.94. The van der Waals surface area contributed by atoms with Crippen LogP contribution in [0, 0.1) is 10.1 Å². The average Bonchev–Trinajstić information content (AvgIpc) is 3.45. The number of rotatable bonds is 6. The lowest BCUT2D eigenvalue weighted by Gasteiger charge is -2.22. The van der Waals surface area contributed by atoms with Crippen LogP contribution < -0.4 is 14.4 Å². The number of ether oxygens (including phenoxy) is 2. The molecule has 1 fully saturated rings. The molecule has 5 rings (SSSR count). The van der Waals surface area contributed by atoms with Crippen molar-refractivity contribution in [1.29, 1.82) is 0 Å². The molecule has 186 valence electrons. The van der Waals surface area contributed by atoms with Crippen molar-refractivity contribution in [3.05, 3.63) is 87.7 Å². The van der Waals surface area contributed by atoms with Crippen LogP contribution in [-0.2, 0) is 9.59 Å². The minimum Gasteiger partial charge on any atom is -0.507 e. The van der Waals surface area contributed by atoms with E-state index in [1.807, 2.05) is 0 Å². The number of methoxy groups -OCH3 is 2. The van der Waals surface area contributed by atoms with Crippen LogP contribution in [-0.4, -0.2) is 45.9 Å². The number of ketones is 1. The molecular weight excluding hydrogens is 500 g/mol. The van der Waals surface area contributed by atoms with E-state index in [0.29, 0.717) is 27.3 Å². The third kappa shape index (κ3) is 4.02. The van der Waals surface area contributed by atoms with E-state index in [9.17, 15) is 24.8 Å². The van der Waals surface area contributed by atoms with Crippen molar-refractivity contribution in [3.63, 3.8) is 0 Å². The molecule has 1 atom stereocenters. The fourth-order valence-electron chi connectivity index (χ4n) is 4.14. The molecule has 3 heterocycles. The van der Waals surface area contributed by atoms with Crippen LogP contribution in [0.4, 0.5) is 10.8 Å². The number of non-ortho nitro benzene ring substituents is 1. The maximum Gasteiger partial charge on any atom is 0.301 e. The van der Waals surface area contributed by atoms with Gasteiger partial charge in [-0.25, -0.2) is 4.98 Å². The Morgan fingerprint density at radius 2 is 1.89 bits per heavy atom. The molecule has 12 heteroatoms. The highest BCUT2D eigenvalue weighted by atomic mass is 32.1. The fraction of sp³-hybridized carbons (Fsp3) is 0.120. The molecule has 1 unspecified atom stereocenters. The van der Waals surface area contributed by atoms with E-state index in [0.717, 1.165) is 11.3 Å². The number of amides is 1. The van der Waals surface area contributed by atoms with E-state index in [2.05, 4.69) is 9.97 Å². The number of aliphatic hydroxyl groups excluding tert-OH is 1. The number of anilines is 1. The molecule has 1 saturated heterocycles. The lowest BCUT2D eigenvalue weighted by molar-refractivity contribution is -0.384. The lowest BCUT2D eigenvalue weighted by Crippen LogP contribution is -2.29. The summed E-state index contributed by atoms with van der Waals surface area (Å²) in [5.41, 5.74) is 0.855. The van der Waals surface area contributed by atoms with Crippen LogP contribution in [0.2, 0.25) is 0 Å². The van der Waals surface area contributed by atoms with Crippen LogP contribution in [0.3, 0.4) is 0 Å². The van der Waals surface area contributed by atoms with Crippen LogP contribution in [0.15, 0.2) is 66.5 Å². The Morgan fingerprint density at radius 1 is 1.11 bits per heavy atom. The highest BCUT2D eigenvalue weighted by Crippen LogP contribution is 2.45. The SMILES string of the molecule is COc1ccc(/C(O)=C2\C(=O)C(=O)N(c3nc4ccc([N+](=O)[O-])cc4s3)C2c2cccnc2)cc1OC. The predicted octanol–water partition coefficient (Wildman–Crippen LogP) is 4.24. The predicted molar refractivity (Wildman–Crippen MR) is 135 cm³/mol. The first kappa shape index (κ1) is 23.9. The number of aromatic nitrogens is 2. The van der Waals surface area contributed by atoms with Gasteiger partial charge >= 0.3 is 5.91 Å². The summed E-state index contributed by atoms with van der Waals surface area (Å²) < 4.78 is 11.0. The summed E-state index contributed by atoms with van der Waals surface area (Å²) in [7, 11) is 2.91. The quantitative estimate of drug-likeness (QED) is 0.130. The van der Waals surface area contributed by atoms with Crippen LogP contribution in [0.5, 0.6) is 11.5 Å². The number of carbonyl (C=O) groups is 2. The Balaban J connectivity index is 1.70. The summed E-state index contributed by atoms with van der Waals surface area (Å²) in [6, 6.07) is 11.0. The van der Waals surface area contributed by atoms with E-state index in [4.69, 9.17) is 9.47 Å². The maximum absolute atomic E-state index is 13.3. The third-order valence-corrected chi connectivity index (χ3v) is 6.90. The molecule has 1 N–H and O–H groups in total. The van der Waals surface area contributed by atoms with Gasteiger partial charge in [-0.2, -0.15) is 0 Å². The first-order chi connectivity index (χ1) is 17.8. The van der Waals surface area contributed by atoms with Crippen LogP contribution in [0.25, 0.3) is 16.0 Å². The van der Waals surface area contributed by atoms with Gasteiger partial charge in [-0.1, -0.05) is 17.4 Å². The second kappa shape index (κ2) is 9.32. The molecule has 4 aromatic rings. The molecular formula is C25H18N4O7S. The number of nitrogens with zero attached hydrogens (tertiary/aromatic N) is 4. The topological polar surface area (TPSA) is 145 Å². The molecule has 0 spiro atoms. The van der Waals surface area contributed by atoms with Gasteiger partial charge in [-0.15, -0.1) is 0 Å². The smallest absolute Gasteiger partial charge is 0.301 e. The maximum atomic E-state index is 13.3. The summed E-state index contributed by atoms with van der Waals surface area (Å²) in [6.07, 6.45) is 3.03. The van der Waals surface area contributed by atoms with Gasteiger partial charge in [-0.05, 0) is 35.9 Å². The van der Waals surface area contributed by atoms with E-state index < -0.39 is 28.4 Å². The van der Waals surface area contributed by atoms with Crippen LogP contribution >= 0.6 is 11.3 Å². The summed E-state index contributed by atoms with van der Waals surface area (Å²) in [6.45, 7) is 0. The fourth-order valence-corrected chi connectivity index (χ4v) is 5.16. The highest BCUT2D eigenvalue weighted by Gasteiger charge is 2.48. The van der Waals surface area contributed by atoms with E-state index in [1.54, 1.807) is 30.5 Å². The molecule has 0 saturated carbocycles. The summed E-state index contributed by atoms with van der Waals surface area (Å²) >= 11 is 1.03. The Morgan fingerprint density at radius 3 is 2.57 bits per heavy atom. The zero-order chi connectivity index (χ0) is 26.3. The Bertz CT molecular complexity index is 1600. The van der Waals surface area contributed by atoms with E-state index >= 15 is 0 Å². The van der Waals surface area contributed by atoms with Gasteiger partial charge in [0.25, 0.3) is 11.5 Å². The van der Waals surface area contributed by atoms with Crippen molar-refractivity contribution in [2.24, 2.45) is 0 Å². The number of Topliss-reactive ketones (excluding diaryl/α,β-unsaturated/α-hetero) is 1. The number of aliphatic hydroxyl groups is 1. The standard InChI is InChI=1S/C25H18N4O7S/c1-35-17-8-5-13(10-18(17)36-2)22(30)20-21(14-4-3-9-26-12-14)28(24(32)23(20)31)25-27-16-7-6-15(29(33)34)11-19(16)37-25/h3-12,21,30H,1-2H3/b22-20+. The number of thiazole rings is 1. The molecule has 1 amide bonds. The number of benzene rings is 2. The first-order valence-corrected chi connectivity index (χ1v) is 11.6. The Labute approximate surface area is 213 Å². The Kier molecular flexibility index (Phi) is 6.01. The molecule has 0 aliphatic carbocycles. The zero-order valence-corrected chi connectivity index (χ0v) is 20.3. The molecule has 2 aromatic carbocycles. The number of fused-ring (bicyclic) bond motifs is 1. The molecule has 0 bridgehead atoms. The van der Waals surface area contributed by atoms with Crippen molar-refractivity contribution in [2.45, 2.75) is 6.04 Å². The van der Waals surface area contributed by atoms with Crippen LogP contribution in [0.1, 0.15) is 17.2 Å². The minimum atomic E-state index is -1.04. The monoisotopic (exact) mass is 518 g/mol. The normalized spacial score (nSPS) is 16.8. The van der Waals surface area contributed by atoms with Crippen molar-refractivity contribution in [1.82, 2.24) is 9.97 Å². The van der Waals surface area contributed by atoms with Gasteiger partial charge in [0.15, 0.2) is 16.6 Å². The highest BCUT2D eigenvalue weighted by molar-refractivity contribution is 7.22. The molecule has 0 radical (unpaired) electrons. The van der Waals surface area contributed by atoms with Gasteiger partial charge in [0.05, 0.1) is 41.0 Å². The molecule has 1 aliphatic rings. The first-order valence-electron chi connectivity index (χ1n) is 10.8. The second-order valence-electron chi connectivity index (χ2n) is 7.93. The molecule has 37 heavy (non-hydrogen) atoms. The molecule has 1 aliphatic heterocycles. The largest absolute Gasteiger partial charge is 0.507 e. The van der Waals surface area contributed by atoms with Gasteiger partial charge in [0.1, 0.15) is 5.76 Å². The van der Waals surface area contributed by atoms with Gasteiger partial charge in [0.2, 0.25) is 0 Å². The van der Waals surface area contributed by atoms with Crippen molar-refractivity contribution < 1.29 is 29.1 Å². The van der Waals surface area contributed by atoms with E-state index in [1.165, 1.54) is 49.6 Å². The van der Waals surface area contributed by atoms with Crippen molar-refractivity contribution in [2.75, 3.05) is 19.1 Å². The number of hydrogen-bond acceptors (Lipinski definition) is 10. The third-order valence-electron chi connectivity index (χ3n) is 5.88.